The fraction of sp³-hybridized carbons (Fsp3) is 0.600. The molecule has 0 aromatic rings. The van der Waals surface area contributed by atoms with Gasteiger partial charge in [-0.15, -0.1) is 0 Å². The summed E-state index contributed by atoms with van der Waals surface area (Å²) in [5.41, 5.74) is 0. The van der Waals surface area contributed by atoms with E-state index >= 15 is 0 Å². The van der Waals surface area contributed by atoms with Gasteiger partial charge in [0, 0.05) is 6.61 Å². The molecule has 0 bridgehead atoms. The lowest BCUT2D eigenvalue weighted by molar-refractivity contribution is 0.323. The number of aliphatic hydroxyl groups excluding tert-OH is 1. The Hall–Kier alpha value is -0.0400. The largest absolute Gasteiger partial charge is 0.396 e. The molecule has 0 amide bonds. The zero-order chi connectivity index (χ0) is 4.83. The third-order valence-electron chi connectivity index (χ3n) is 0.537. The second-order valence-corrected chi connectivity index (χ2v) is 1.11. The molecule has 0 fully saturated rings. The van der Waals surface area contributed by atoms with E-state index in [2.05, 4.69) is 6.92 Å². The molecule has 0 saturated carbocycles. The maximum absolute atomic E-state index is 8.11. The number of hydrogen-bond acceptors (Lipinski definition) is 1. The van der Waals surface area contributed by atoms with Crippen LogP contribution in [0.3, 0.4) is 0 Å². The average molecular weight is 86.1 g/mol. The van der Waals surface area contributed by atoms with E-state index in [0.717, 1.165) is 12.8 Å². The van der Waals surface area contributed by atoms with Crippen LogP contribution in [0.5, 0.6) is 0 Å². The molecule has 0 aliphatic heterocycles. The molecule has 0 atom stereocenters. The van der Waals surface area contributed by atoms with E-state index in [0.29, 0.717) is 0 Å². The van der Waals surface area contributed by atoms with Gasteiger partial charge < -0.3 is 5.11 Å². The molecular weight excluding hydrogens is 76.1 g/mol. The van der Waals surface area contributed by atoms with Gasteiger partial charge in [-0.25, -0.2) is 0 Å². The van der Waals surface area contributed by atoms with Gasteiger partial charge in [0.15, 0.2) is 0 Å². The molecule has 0 spiro atoms. The van der Waals surface area contributed by atoms with E-state index in [4.69, 9.17) is 5.11 Å². The molecule has 1 nitrogen and oxygen atoms in total. The van der Waals surface area contributed by atoms with Gasteiger partial charge in [-0.1, -0.05) is 13.3 Å². The maximum Gasteiger partial charge on any atom is 0.0462 e. The lowest BCUT2D eigenvalue weighted by Gasteiger charge is -1.85. The molecule has 36 valence electrons. The van der Waals surface area contributed by atoms with E-state index in [1.54, 1.807) is 6.42 Å². The highest BCUT2D eigenvalue weighted by atomic mass is 16.2. The minimum absolute atomic E-state index is 0.190. The lowest BCUT2D eigenvalue weighted by atomic mass is 10.3. The first-order valence-corrected chi connectivity index (χ1v) is 2.13. The minimum Gasteiger partial charge on any atom is -0.396 e. The Bertz CT molecular complexity index is 15.9. The van der Waals surface area contributed by atoms with Gasteiger partial charge in [0.25, 0.3) is 0 Å². The lowest BCUT2D eigenvalue weighted by Crippen LogP contribution is -1.80. The van der Waals surface area contributed by atoms with Crippen LogP contribution in [0.2, 0.25) is 0 Å². The number of rotatable bonds is 3. The normalized spacial score (nSPS) is 9.00. The summed E-state index contributed by atoms with van der Waals surface area (Å²) >= 11 is 0. The van der Waals surface area contributed by atoms with E-state index in [1.165, 1.54) is 0 Å². The van der Waals surface area contributed by atoms with Crippen LogP contribution in [-0.2, 0) is 0 Å². The molecule has 6 heavy (non-hydrogen) atoms. The zero-order valence-corrected chi connectivity index (χ0v) is 3.85. The van der Waals surface area contributed by atoms with Crippen molar-refractivity contribution in [3.63, 3.8) is 0 Å². The molecule has 0 rings (SSSR count). The predicted octanol–water partition coefficient (Wildman–Crippen LogP) is 0.797. The highest BCUT2D eigenvalue weighted by molar-refractivity contribution is 4.61. The third kappa shape index (κ3) is 3.96. The van der Waals surface area contributed by atoms with Crippen molar-refractivity contribution in [2.45, 2.75) is 12.8 Å². The van der Waals surface area contributed by atoms with Crippen LogP contribution in [0.1, 0.15) is 12.8 Å². The van der Waals surface area contributed by atoms with Gasteiger partial charge >= 0.3 is 0 Å². The van der Waals surface area contributed by atoms with Crippen molar-refractivity contribution in [2.75, 3.05) is 6.61 Å². The summed E-state index contributed by atoms with van der Waals surface area (Å²) in [6.45, 7) is 3.77. The Balaban J connectivity index is 2.34. The minimum atomic E-state index is 0.190. The molecule has 1 N–H and O–H groups in total. The van der Waals surface area contributed by atoms with Crippen LogP contribution in [0.15, 0.2) is 0 Å². The Morgan fingerprint density at radius 2 is 2.33 bits per heavy atom. The molecule has 1 heteroatoms. The molecule has 2 radical (unpaired) electrons. The molecule has 0 aliphatic carbocycles. The van der Waals surface area contributed by atoms with Crippen molar-refractivity contribution < 1.29 is 5.11 Å². The second kappa shape index (κ2) is 4.96. The maximum atomic E-state index is 8.11. The Morgan fingerprint density at radius 3 is 2.50 bits per heavy atom. The Kier molecular flexibility index (Phi) is 4.93. The fourth-order valence-electron chi connectivity index (χ4n) is 0.236. The quantitative estimate of drug-likeness (QED) is 0.503. The standard InChI is InChI=1S/C5H10O/c1-2-3-4-5-6/h4,6H,1-3,5H2. The summed E-state index contributed by atoms with van der Waals surface area (Å²) in [6, 6.07) is 0. The highest BCUT2D eigenvalue weighted by Gasteiger charge is 1.77. The number of unbranched alkanes of at least 4 members (excludes halogenated alkanes) is 2. The van der Waals surface area contributed by atoms with Crippen molar-refractivity contribution in [1.29, 1.82) is 0 Å². The van der Waals surface area contributed by atoms with Crippen molar-refractivity contribution in [3.05, 3.63) is 13.3 Å². The van der Waals surface area contributed by atoms with Crippen molar-refractivity contribution in [1.82, 2.24) is 0 Å². The van der Waals surface area contributed by atoms with Crippen LogP contribution in [-0.4, -0.2) is 11.7 Å². The average Bonchev–Trinajstić information content (AvgIpc) is 1.61. The Labute approximate surface area is 39.0 Å². The van der Waals surface area contributed by atoms with Crippen molar-refractivity contribution in [3.8, 4) is 0 Å². The van der Waals surface area contributed by atoms with Gasteiger partial charge in [0.1, 0.15) is 0 Å². The first-order valence-electron chi connectivity index (χ1n) is 2.13. The Morgan fingerprint density at radius 1 is 1.67 bits per heavy atom. The topological polar surface area (TPSA) is 20.2 Å². The molecular formula is C5H10O. The van der Waals surface area contributed by atoms with Crippen LogP contribution in [0, 0.1) is 13.3 Å². The molecule has 0 aliphatic rings. The van der Waals surface area contributed by atoms with Gasteiger partial charge in [0.05, 0.1) is 0 Å². The van der Waals surface area contributed by atoms with Crippen molar-refractivity contribution >= 4 is 0 Å². The SMILES string of the molecule is [CH2]CC[CH]CO. The summed E-state index contributed by atoms with van der Waals surface area (Å²) in [6.07, 6.45) is 3.62. The first-order chi connectivity index (χ1) is 2.91. The predicted molar refractivity (Wildman–Crippen MR) is 26.0 cm³/mol. The van der Waals surface area contributed by atoms with E-state index in [9.17, 15) is 0 Å². The van der Waals surface area contributed by atoms with E-state index < -0.39 is 0 Å². The van der Waals surface area contributed by atoms with Crippen molar-refractivity contribution in [2.24, 2.45) is 0 Å². The highest BCUT2D eigenvalue weighted by Crippen LogP contribution is 1.87. The van der Waals surface area contributed by atoms with E-state index in [1.807, 2.05) is 0 Å². The number of aliphatic hydroxyl groups is 1. The summed E-state index contributed by atoms with van der Waals surface area (Å²) < 4.78 is 0. The molecule has 0 aromatic heterocycles. The summed E-state index contributed by atoms with van der Waals surface area (Å²) in [5, 5.41) is 8.11. The number of hydrogen-bond donors (Lipinski definition) is 1. The van der Waals surface area contributed by atoms with E-state index in [-0.39, 0.29) is 6.61 Å². The fourth-order valence-corrected chi connectivity index (χ4v) is 0.236. The smallest absolute Gasteiger partial charge is 0.0462 e. The third-order valence-corrected chi connectivity index (χ3v) is 0.537. The van der Waals surface area contributed by atoms with Gasteiger partial charge in [-0.3, -0.25) is 0 Å². The first kappa shape index (κ1) is 5.96. The van der Waals surface area contributed by atoms with Crippen LogP contribution in [0.4, 0.5) is 0 Å². The van der Waals surface area contributed by atoms with Crippen LogP contribution >= 0.6 is 0 Å². The molecule has 0 aromatic carbocycles. The summed E-state index contributed by atoms with van der Waals surface area (Å²) in [4.78, 5) is 0. The van der Waals surface area contributed by atoms with Crippen LogP contribution < -0.4 is 0 Å². The molecule has 0 saturated heterocycles. The van der Waals surface area contributed by atoms with Gasteiger partial charge in [-0.05, 0) is 12.8 Å². The van der Waals surface area contributed by atoms with Gasteiger partial charge in [0.2, 0.25) is 0 Å². The zero-order valence-electron chi connectivity index (χ0n) is 3.85. The second-order valence-electron chi connectivity index (χ2n) is 1.11. The van der Waals surface area contributed by atoms with Crippen LogP contribution in [0.25, 0.3) is 0 Å². The monoisotopic (exact) mass is 86.1 g/mol. The summed E-state index contributed by atoms with van der Waals surface area (Å²) in [5.74, 6) is 0. The summed E-state index contributed by atoms with van der Waals surface area (Å²) in [7, 11) is 0. The molecule has 0 heterocycles. The van der Waals surface area contributed by atoms with Gasteiger partial charge in [-0.2, -0.15) is 0 Å². The molecule has 0 unspecified atom stereocenters.